The standard InChI is InChI=1S/C13H16ClN3OS/c1-9-2-5-15-13-12(9)16-11(8-14)17(13)10-3-6-19(18)7-4-10/h2,5,10H,3-4,6-8H2,1H3. The van der Waals surface area contributed by atoms with E-state index in [4.69, 9.17) is 11.6 Å². The van der Waals surface area contributed by atoms with Gasteiger partial charge in [0.15, 0.2) is 5.65 Å². The maximum atomic E-state index is 11.5. The third-order valence-electron chi connectivity index (χ3n) is 3.70. The molecule has 102 valence electrons. The zero-order valence-electron chi connectivity index (χ0n) is 10.8. The third-order valence-corrected chi connectivity index (χ3v) is 5.32. The van der Waals surface area contributed by atoms with Crippen LogP contribution in [-0.4, -0.2) is 30.2 Å². The number of pyridine rings is 1. The van der Waals surface area contributed by atoms with E-state index in [9.17, 15) is 4.21 Å². The molecule has 0 N–H and O–H groups in total. The Bertz CT molecular complexity index is 630. The summed E-state index contributed by atoms with van der Waals surface area (Å²) in [6, 6.07) is 2.29. The highest BCUT2D eigenvalue weighted by atomic mass is 35.5. The molecule has 3 heterocycles. The first-order chi connectivity index (χ1) is 9.20. The van der Waals surface area contributed by atoms with Gasteiger partial charge < -0.3 is 4.57 Å². The van der Waals surface area contributed by atoms with Crippen LogP contribution in [0.1, 0.15) is 30.3 Å². The highest BCUT2D eigenvalue weighted by Gasteiger charge is 2.24. The fourth-order valence-electron chi connectivity index (χ4n) is 2.67. The Morgan fingerprint density at radius 2 is 2.21 bits per heavy atom. The number of imidazole rings is 1. The molecule has 0 unspecified atom stereocenters. The summed E-state index contributed by atoms with van der Waals surface area (Å²) in [5, 5.41) is 0. The van der Waals surface area contributed by atoms with Crippen molar-refractivity contribution >= 4 is 33.6 Å². The van der Waals surface area contributed by atoms with Crippen LogP contribution in [0.3, 0.4) is 0 Å². The van der Waals surface area contributed by atoms with Gasteiger partial charge >= 0.3 is 0 Å². The van der Waals surface area contributed by atoms with Crippen LogP contribution in [0.4, 0.5) is 0 Å². The molecule has 0 aliphatic carbocycles. The van der Waals surface area contributed by atoms with Gasteiger partial charge in [0.05, 0.1) is 5.88 Å². The molecule has 1 aliphatic rings. The molecule has 6 heteroatoms. The molecule has 2 aromatic heterocycles. The number of hydrogen-bond acceptors (Lipinski definition) is 3. The summed E-state index contributed by atoms with van der Waals surface area (Å²) >= 11 is 6.03. The number of aryl methyl sites for hydroxylation is 1. The molecule has 2 aromatic rings. The predicted octanol–water partition coefficient (Wildman–Crippen LogP) is 2.56. The van der Waals surface area contributed by atoms with Crippen molar-refractivity contribution in [2.24, 2.45) is 0 Å². The first kappa shape index (κ1) is 13.1. The monoisotopic (exact) mass is 297 g/mol. The van der Waals surface area contributed by atoms with Crippen molar-refractivity contribution in [3.63, 3.8) is 0 Å². The second kappa shape index (κ2) is 5.21. The number of hydrogen-bond donors (Lipinski definition) is 0. The van der Waals surface area contributed by atoms with Gasteiger partial charge in [-0.2, -0.15) is 0 Å². The van der Waals surface area contributed by atoms with Gasteiger partial charge in [0.2, 0.25) is 0 Å². The molecule has 0 radical (unpaired) electrons. The van der Waals surface area contributed by atoms with Gasteiger partial charge in [-0.05, 0) is 31.4 Å². The SMILES string of the molecule is Cc1ccnc2c1nc(CCl)n2C1CCS(=O)CC1. The highest BCUT2D eigenvalue weighted by molar-refractivity contribution is 7.85. The van der Waals surface area contributed by atoms with Crippen molar-refractivity contribution in [1.29, 1.82) is 0 Å². The largest absolute Gasteiger partial charge is 0.309 e. The van der Waals surface area contributed by atoms with Crippen molar-refractivity contribution in [1.82, 2.24) is 14.5 Å². The normalized spacial score (nSPS) is 23.9. The van der Waals surface area contributed by atoms with Gasteiger partial charge in [-0.15, -0.1) is 11.6 Å². The Morgan fingerprint density at radius 1 is 1.47 bits per heavy atom. The lowest BCUT2D eigenvalue weighted by molar-refractivity contribution is 0.460. The zero-order chi connectivity index (χ0) is 13.4. The Labute approximate surface area is 119 Å². The van der Waals surface area contributed by atoms with Crippen molar-refractivity contribution in [3.8, 4) is 0 Å². The lowest BCUT2D eigenvalue weighted by Gasteiger charge is -2.24. The van der Waals surface area contributed by atoms with E-state index >= 15 is 0 Å². The molecule has 3 rings (SSSR count). The Hall–Kier alpha value is -0.940. The predicted molar refractivity (Wildman–Crippen MR) is 78.0 cm³/mol. The molecule has 1 fully saturated rings. The van der Waals surface area contributed by atoms with Gasteiger partial charge in [0.25, 0.3) is 0 Å². The number of fused-ring (bicyclic) bond motifs is 1. The summed E-state index contributed by atoms with van der Waals surface area (Å²) in [5.41, 5.74) is 2.97. The summed E-state index contributed by atoms with van der Waals surface area (Å²) in [4.78, 5) is 9.09. The highest BCUT2D eigenvalue weighted by Crippen LogP contribution is 2.29. The Morgan fingerprint density at radius 3 is 2.89 bits per heavy atom. The summed E-state index contributed by atoms with van der Waals surface area (Å²) in [6.07, 6.45) is 3.64. The van der Waals surface area contributed by atoms with Crippen molar-refractivity contribution in [3.05, 3.63) is 23.7 Å². The molecule has 1 aliphatic heterocycles. The number of halogens is 1. The quantitative estimate of drug-likeness (QED) is 0.801. The molecule has 0 bridgehead atoms. The summed E-state index contributed by atoms with van der Waals surface area (Å²) in [5.74, 6) is 2.78. The first-order valence-corrected chi connectivity index (χ1v) is 8.46. The molecule has 0 spiro atoms. The van der Waals surface area contributed by atoms with Crippen LogP contribution in [0.15, 0.2) is 12.3 Å². The molecule has 0 saturated carbocycles. The molecule has 0 amide bonds. The first-order valence-electron chi connectivity index (χ1n) is 6.44. The van der Waals surface area contributed by atoms with Crippen LogP contribution in [-0.2, 0) is 16.7 Å². The van der Waals surface area contributed by atoms with E-state index < -0.39 is 10.8 Å². The smallest absolute Gasteiger partial charge is 0.160 e. The molecule has 0 atom stereocenters. The van der Waals surface area contributed by atoms with Crippen LogP contribution < -0.4 is 0 Å². The number of rotatable bonds is 2. The Balaban J connectivity index is 2.11. The number of aromatic nitrogens is 3. The molecule has 0 aromatic carbocycles. The van der Waals surface area contributed by atoms with E-state index in [2.05, 4.69) is 14.5 Å². The van der Waals surface area contributed by atoms with Gasteiger partial charge in [-0.1, -0.05) is 0 Å². The second-order valence-electron chi connectivity index (χ2n) is 4.91. The average Bonchev–Trinajstić information content (AvgIpc) is 2.80. The summed E-state index contributed by atoms with van der Waals surface area (Å²) < 4.78 is 13.7. The van der Waals surface area contributed by atoms with Crippen LogP contribution >= 0.6 is 11.6 Å². The minimum Gasteiger partial charge on any atom is -0.309 e. The van der Waals surface area contributed by atoms with Crippen molar-refractivity contribution < 1.29 is 4.21 Å². The average molecular weight is 298 g/mol. The molecule has 4 nitrogen and oxygen atoms in total. The maximum absolute atomic E-state index is 11.5. The minimum absolute atomic E-state index is 0.325. The summed E-state index contributed by atoms with van der Waals surface area (Å²) in [7, 11) is -0.656. The van der Waals surface area contributed by atoms with Crippen LogP contribution in [0, 0.1) is 6.92 Å². The zero-order valence-corrected chi connectivity index (χ0v) is 12.4. The molecule has 19 heavy (non-hydrogen) atoms. The van der Waals surface area contributed by atoms with Crippen LogP contribution in [0.2, 0.25) is 0 Å². The van der Waals surface area contributed by atoms with E-state index in [1.165, 1.54) is 0 Å². The summed E-state index contributed by atoms with van der Waals surface area (Å²) in [6.45, 7) is 2.04. The minimum atomic E-state index is -0.656. The van der Waals surface area contributed by atoms with Gasteiger partial charge in [0.1, 0.15) is 11.3 Å². The van der Waals surface area contributed by atoms with Crippen molar-refractivity contribution in [2.45, 2.75) is 31.7 Å². The van der Waals surface area contributed by atoms with E-state index in [-0.39, 0.29) is 0 Å². The van der Waals surface area contributed by atoms with E-state index in [1.807, 2.05) is 19.2 Å². The number of nitrogens with zero attached hydrogens (tertiary/aromatic N) is 3. The fraction of sp³-hybridized carbons (Fsp3) is 0.538. The van der Waals surface area contributed by atoms with Crippen LogP contribution in [0.25, 0.3) is 11.2 Å². The van der Waals surface area contributed by atoms with Crippen molar-refractivity contribution in [2.75, 3.05) is 11.5 Å². The second-order valence-corrected chi connectivity index (χ2v) is 6.87. The fourth-order valence-corrected chi connectivity index (χ4v) is 4.14. The van der Waals surface area contributed by atoms with E-state index in [0.29, 0.717) is 11.9 Å². The lowest BCUT2D eigenvalue weighted by atomic mass is 10.1. The lowest BCUT2D eigenvalue weighted by Crippen LogP contribution is -2.23. The van der Waals surface area contributed by atoms with Gasteiger partial charge in [-0.3, -0.25) is 4.21 Å². The molecular formula is C13H16ClN3OS. The van der Waals surface area contributed by atoms with Gasteiger partial charge in [0, 0.05) is 34.5 Å². The van der Waals surface area contributed by atoms with Crippen LogP contribution in [0.5, 0.6) is 0 Å². The van der Waals surface area contributed by atoms with E-state index in [1.54, 1.807) is 0 Å². The molecular weight excluding hydrogens is 282 g/mol. The topological polar surface area (TPSA) is 47.8 Å². The molecule has 1 saturated heterocycles. The Kier molecular flexibility index (Phi) is 3.58. The van der Waals surface area contributed by atoms with E-state index in [0.717, 1.165) is 46.9 Å². The maximum Gasteiger partial charge on any atom is 0.160 e. The number of alkyl halides is 1. The third kappa shape index (κ3) is 2.30. The van der Waals surface area contributed by atoms with Gasteiger partial charge in [-0.25, -0.2) is 9.97 Å².